The Morgan fingerprint density at radius 3 is 2.75 bits per heavy atom. The van der Waals surface area contributed by atoms with Crippen molar-refractivity contribution >= 4 is 29.1 Å². The number of amides is 1. The summed E-state index contributed by atoms with van der Waals surface area (Å²) in [5.41, 5.74) is 0.906. The number of hydrogen-bond donors (Lipinski definition) is 0. The molecule has 2 rings (SSSR count). The van der Waals surface area contributed by atoms with Crippen molar-refractivity contribution in [3.05, 3.63) is 46.5 Å². The predicted molar refractivity (Wildman–Crippen MR) is 81.2 cm³/mol. The van der Waals surface area contributed by atoms with Gasteiger partial charge >= 0.3 is 0 Å². The molecule has 5 heteroatoms. The number of rotatable bonds is 4. The second kappa shape index (κ2) is 7.11. The number of carbonyl (C=O) groups is 1. The van der Waals surface area contributed by atoms with Crippen LogP contribution in [0.15, 0.2) is 30.9 Å². The monoisotopic (exact) mass is 313 g/mol. The van der Waals surface area contributed by atoms with Gasteiger partial charge in [-0.25, -0.2) is 0 Å². The first-order valence-corrected chi connectivity index (χ1v) is 7.32. The molecule has 1 aliphatic rings. The van der Waals surface area contributed by atoms with Gasteiger partial charge in [0.05, 0.1) is 13.2 Å². The fourth-order valence-electron chi connectivity index (χ4n) is 2.22. The van der Waals surface area contributed by atoms with Crippen LogP contribution in [0.25, 0.3) is 0 Å². The van der Waals surface area contributed by atoms with E-state index in [1.165, 1.54) is 0 Å². The molecule has 20 heavy (non-hydrogen) atoms. The summed E-state index contributed by atoms with van der Waals surface area (Å²) >= 11 is 12.0. The smallest absolute Gasteiger partial charge is 0.223 e. The Morgan fingerprint density at radius 2 is 2.10 bits per heavy atom. The summed E-state index contributed by atoms with van der Waals surface area (Å²) < 4.78 is 5.73. The molecule has 1 aromatic carbocycles. The first kappa shape index (κ1) is 15.4. The highest BCUT2D eigenvalue weighted by molar-refractivity contribution is 6.34. The van der Waals surface area contributed by atoms with Crippen LogP contribution in [0.5, 0.6) is 0 Å². The standard InChI is InChI=1S/C15H17Cl2NO2/c1-2-3-4-15(19)18-5-6-20-14(10-18)11-7-12(16)9-13(17)8-11/h2,7-9,14H,1,3-6,10H2. The normalized spacial score (nSPS) is 18.9. The molecule has 1 aliphatic heterocycles. The second-order valence-electron chi connectivity index (χ2n) is 4.73. The average Bonchev–Trinajstić information content (AvgIpc) is 2.44. The molecule has 0 aliphatic carbocycles. The van der Waals surface area contributed by atoms with Crippen LogP contribution in [0.1, 0.15) is 24.5 Å². The number of nitrogens with zero attached hydrogens (tertiary/aromatic N) is 1. The molecule has 1 amide bonds. The van der Waals surface area contributed by atoms with Gasteiger partial charge in [-0.1, -0.05) is 29.3 Å². The first-order valence-electron chi connectivity index (χ1n) is 6.56. The molecule has 108 valence electrons. The van der Waals surface area contributed by atoms with Gasteiger partial charge in [0.25, 0.3) is 0 Å². The summed E-state index contributed by atoms with van der Waals surface area (Å²) in [6.45, 7) is 5.32. The molecule has 1 unspecified atom stereocenters. The zero-order chi connectivity index (χ0) is 14.5. The summed E-state index contributed by atoms with van der Waals surface area (Å²) in [6.07, 6.45) is 2.77. The maximum absolute atomic E-state index is 12.0. The van der Waals surface area contributed by atoms with E-state index in [-0.39, 0.29) is 12.0 Å². The molecular weight excluding hydrogens is 297 g/mol. The highest BCUT2D eigenvalue weighted by Gasteiger charge is 2.25. The fourth-order valence-corrected chi connectivity index (χ4v) is 2.77. The van der Waals surface area contributed by atoms with Gasteiger partial charge in [0.2, 0.25) is 5.91 Å². The van der Waals surface area contributed by atoms with Crippen LogP contribution in [0, 0.1) is 0 Å². The average molecular weight is 314 g/mol. The quantitative estimate of drug-likeness (QED) is 0.790. The summed E-state index contributed by atoms with van der Waals surface area (Å²) in [7, 11) is 0. The topological polar surface area (TPSA) is 29.5 Å². The molecule has 0 saturated carbocycles. The predicted octanol–water partition coefficient (Wildman–Crippen LogP) is 3.86. The zero-order valence-electron chi connectivity index (χ0n) is 11.1. The Bertz CT molecular complexity index is 484. The molecule has 1 heterocycles. The van der Waals surface area contributed by atoms with Crippen molar-refractivity contribution in [3.63, 3.8) is 0 Å². The number of halogens is 2. The molecule has 1 atom stereocenters. The van der Waals surface area contributed by atoms with Crippen molar-refractivity contribution < 1.29 is 9.53 Å². The molecule has 1 fully saturated rings. The maximum Gasteiger partial charge on any atom is 0.223 e. The Labute approximate surface area is 129 Å². The molecule has 0 aromatic heterocycles. The Hall–Kier alpha value is -1.03. The van der Waals surface area contributed by atoms with Crippen LogP contribution in [-0.4, -0.2) is 30.5 Å². The Kier molecular flexibility index (Phi) is 5.46. The molecule has 1 saturated heterocycles. The van der Waals surface area contributed by atoms with E-state index in [0.717, 1.165) is 5.56 Å². The number of allylic oxidation sites excluding steroid dienone is 1. The van der Waals surface area contributed by atoms with Crippen molar-refractivity contribution in [2.75, 3.05) is 19.7 Å². The van der Waals surface area contributed by atoms with Crippen LogP contribution < -0.4 is 0 Å². The van der Waals surface area contributed by atoms with E-state index in [1.54, 1.807) is 12.1 Å². The van der Waals surface area contributed by atoms with Gasteiger partial charge in [0.15, 0.2) is 0 Å². The van der Waals surface area contributed by atoms with E-state index in [9.17, 15) is 4.79 Å². The van der Waals surface area contributed by atoms with E-state index in [0.29, 0.717) is 42.6 Å². The van der Waals surface area contributed by atoms with Gasteiger partial charge in [0, 0.05) is 23.0 Å². The van der Waals surface area contributed by atoms with Crippen LogP contribution in [0.4, 0.5) is 0 Å². The maximum atomic E-state index is 12.0. The van der Waals surface area contributed by atoms with Gasteiger partial charge in [-0.15, -0.1) is 6.58 Å². The van der Waals surface area contributed by atoms with E-state index >= 15 is 0 Å². The lowest BCUT2D eigenvalue weighted by Crippen LogP contribution is -2.42. The Balaban J connectivity index is 2.06. The second-order valence-corrected chi connectivity index (χ2v) is 5.60. The van der Waals surface area contributed by atoms with Crippen LogP contribution in [0.2, 0.25) is 10.0 Å². The summed E-state index contributed by atoms with van der Waals surface area (Å²) in [5, 5.41) is 1.15. The van der Waals surface area contributed by atoms with Gasteiger partial charge < -0.3 is 9.64 Å². The number of benzene rings is 1. The molecular formula is C15H17Cl2NO2. The third kappa shape index (κ3) is 3.98. The lowest BCUT2D eigenvalue weighted by molar-refractivity contribution is -0.138. The van der Waals surface area contributed by atoms with E-state index in [2.05, 4.69) is 6.58 Å². The zero-order valence-corrected chi connectivity index (χ0v) is 12.7. The van der Waals surface area contributed by atoms with Crippen LogP contribution in [-0.2, 0) is 9.53 Å². The van der Waals surface area contributed by atoms with Crippen molar-refractivity contribution in [2.24, 2.45) is 0 Å². The summed E-state index contributed by atoms with van der Waals surface area (Å²) in [5.74, 6) is 0.131. The summed E-state index contributed by atoms with van der Waals surface area (Å²) in [6, 6.07) is 5.34. The fraction of sp³-hybridized carbons (Fsp3) is 0.400. The van der Waals surface area contributed by atoms with Crippen molar-refractivity contribution in [2.45, 2.75) is 18.9 Å². The molecule has 0 spiro atoms. The van der Waals surface area contributed by atoms with E-state index in [1.807, 2.05) is 17.0 Å². The minimum Gasteiger partial charge on any atom is -0.370 e. The van der Waals surface area contributed by atoms with E-state index < -0.39 is 0 Å². The van der Waals surface area contributed by atoms with Crippen molar-refractivity contribution in [3.8, 4) is 0 Å². The number of carbonyl (C=O) groups excluding carboxylic acids is 1. The summed E-state index contributed by atoms with van der Waals surface area (Å²) in [4.78, 5) is 13.9. The van der Waals surface area contributed by atoms with Crippen LogP contribution in [0.3, 0.4) is 0 Å². The largest absolute Gasteiger partial charge is 0.370 e. The Morgan fingerprint density at radius 1 is 1.40 bits per heavy atom. The molecule has 0 radical (unpaired) electrons. The van der Waals surface area contributed by atoms with Gasteiger partial charge in [0.1, 0.15) is 6.10 Å². The number of ether oxygens (including phenoxy) is 1. The van der Waals surface area contributed by atoms with Gasteiger partial charge in [-0.05, 0) is 30.2 Å². The van der Waals surface area contributed by atoms with E-state index in [4.69, 9.17) is 27.9 Å². The van der Waals surface area contributed by atoms with Crippen LogP contribution >= 0.6 is 23.2 Å². The molecule has 0 bridgehead atoms. The third-order valence-corrected chi connectivity index (χ3v) is 3.67. The first-order chi connectivity index (χ1) is 9.60. The molecule has 0 N–H and O–H groups in total. The highest BCUT2D eigenvalue weighted by Crippen LogP contribution is 2.28. The lowest BCUT2D eigenvalue weighted by atomic mass is 10.1. The third-order valence-electron chi connectivity index (χ3n) is 3.24. The minimum atomic E-state index is -0.173. The highest BCUT2D eigenvalue weighted by atomic mass is 35.5. The van der Waals surface area contributed by atoms with Crippen molar-refractivity contribution in [1.29, 1.82) is 0 Å². The number of hydrogen-bond acceptors (Lipinski definition) is 2. The van der Waals surface area contributed by atoms with Gasteiger partial charge in [-0.2, -0.15) is 0 Å². The molecule has 3 nitrogen and oxygen atoms in total. The molecule has 1 aromatic rings. The minimum absolute atomic E-state index is 0.131. The SMILES string of the molecule is C=CCCC(=O)N1CCOC(c2cc(Cl)cc(Cl)c2)C1. The number of morpholine rings is 1. The van der Waals surface area contributed by atoms with Crippen molar-refractivity contribution in [1.82, 2.24) is 4.90 Å². The lowest BCUT2D eigenvalue weighted by Gasteiger charge is -2.33. The van der Waals surface area contributed by atoms with Gasteiger partial charge in [-0.3, -0.25) is 4.79 Å².